The number of benzene rings is 2. The molecule has 0 radical (unpaired) electrons. The number of carbonyl (C=O) groups excluding carboxylic acids is 1. The molecular weight excluding hydrogens is 253 g/mol. The molecule has 0 aliphatic heterocycles. The van der Waals surface area contributed by atoms with Gasteiger partial charge < -0.3 is 0 Å². The van der Waals surface area contributed by atoms with Crippen molar-refractivity contribution < 1.29 is 18.0 Å². The second-order valence-electron chi connectivity index (χ2n) is 4.25. The van der Waals surface area contributed by atoms with Crippen molar-refractivity contribution in [3.05, 3.63) is 71.0 Å². The molecule has 2 aromatic rings. The lowest BCUT2D eigenvalue weighted by Gasteiger charge is -2.03. The normalized spacial score (nSPS) is 10.5. The van der Waals surface area contributed by atoms with Gasteiger partial charge in [-0.25, -0.2) is 13.2 Å². The van der Waals surface area contributed by atoms with E-state index in [2.05, 4.69) is 0 Å². The molecule has 0 saturated carbocycles. The summed E-state index contributed by atoms with van der Waals surface area (Å²) in [7, 11) is 0. The molecule has 2 rings (SSSR count). The number of halogens is 3. The van der Waals surface area contributed by atoms with Gasteiger partial charge in [0.15, 0.2) is 0 Å². The van der Waals surface area contributed by atoms with Crippen molar-refractivity contribution in [1.82, 2.24) is 0 Å². The predicted octanol–water partition coefficient (Wildman–Crippen LogP) is 3.46. The molecule has 0 unspecified atom stereocenters. The van der Waals surface area contributed by atoms with Crippen LogP contribution in [0.15, 0.2) is 42.5 Å². The van der Waals surface area contributed by atoms with Crippen molar-refractivity contribution in [2.45, 2.75) is 12.8 Å². The lowest BCUT2D eigenvalue weighted by Crippen LogP contribution is -2.08. The molecule has 0 aliphatic rings. The highest BCUT2D eigenvalue weighted by atomic mass is 19.1. The third-order valence-corrected chi connectivity index (χ3v) is 2.72. The molecule has 0 spiro atoms. The Morgan fingerprint density at radius 3 is 2.11 bits per heavy atom. The molecule has 0 N–H and O–H groups in total. The van der Waals surface area contributed by atoms with Crippen molar-refractivity contribution in [1.29, 1.82) is 0 Å². The smallest absolute Gasteiger partial charge is 0.141 e. The standard InChI is InChI=1S/C15H11F3O/c16-12-4-1-10(2-5-12)7-14(19)8-11-3-6-13(17)9-15(11)18/h1-6,9H,7-8H2. The van der Waals surface area contributed by atoms with Gasteiger partial charge in [-0.1, -0.05) is 18.2 Å². The molecule has 0 saturated heterocycles. The van der Waals surface area contributed by atoms with Crippen LogP contribution in [0.25, 0.3) is 0 Å². The van der Waals surface area contributed by atoms with Crippen LogP contribution in [-0.2, 0) is 17.6 Å². The van der Waals surface area contributed by atoms with Crippen LogP contribution >= 0.6 is 0 Å². The molecule has 0 heterocycles. The first-order chi connectivity index (χ1) is 9.04. The van der Waals surface area contributed by atoms with Crippen LogP contribution in [0.5, 0.6) is 0 Å². The second kappa shape index (κ2) is 5.69. The summed E-state index contributed by atoms with van der Waals surface area (Å²) in [5.41, 5.74) is 0.822. The molecule has 0 bridgehead atoms. The summed E-state index contributed by atoms with van der Waals surface area (Å²) in [5.74, 6) is -1.99. The summed E-state index contributed by atoms with van der Waals surface area (Å²) < 4.78 is 38.8. The molecule has 0 atom stereocenters. The number of ketones is 1. The number of hydrogen-bond acceptors (Lipinski definition) is 1. The Kier molecular flexibility index (Phi) is 4.00. The molecule has 4 heteroatoms. The van der Waals surface area contributed by atoms with Crippen LogP contribution in [0, 0.1) is 17.5 Å². The Morgan fingerprint density at radius 2 is 1.47 bits per heavy atom. The molecule has 0 amide bonds. The first-order valence-corrected chi connectivity index (χ1v) is 5.74. The summed E-state index contributed by atoms with van der Waals surface area (Å²) in [6, 6.07) is 8.67. The highest BCUT2D eigenvalue weighted by Gasteiger charge is 2.10. The maximum atomic E-state index is 13.4. The Bertz CT molecular complexity index is 591. The average molecular weight is 264 g/mol. The number of carbonyl (C=O) groups is 1. The average Bonchev–Trinajstić information content (AvgIpc) is 2.36. The van der Waals surface area contributed by atoms with Crippen molar-refractivity contribution >= 4 is 5.78 Å². The third-order valence-electron chi connectivity index (χ3n) is 2.72. The van der Waals surface area contributed by atoms with E-state index in [9.17, 15) is 18.0 Å². The molecule has 0 aliphatic carbocycles. The number of Topliss-reactive ketones (excluding diaryl/α,β-unsaturated/α-hetero) is 1. The van der Waals surface area contributed by atoms with E-state index in [0.717, 1.165) is 12.1 Å². The summed E-state index contributed by atoms with van der Waals surface area (Å²) in [6.07, 6.45) is -0.0133. The minimum Gasteiger partial charge on any atom is -0.299 e. The van der Waals surface area contributed by atoms with E-state index in [1.54, 1.807) is 0 Å². The summed E-state index contributed by atoms with van der Waals surface area (Å²) in [4.78, 5) is 11.7. The maximum absolute atomic E-state index is 13.4. The van der Waals surface area contributed by atoms with E-state index in [1.807, 2.05) is 0 Å². The molecule has 98 valence electrons. The van der Waals surface area contributed by atoms with Crippen LogP contribution in [0.2, 0.25) is 0 Å². The lowest BCUT2D eigenvalue weighted by atomic mass is 10.0. The quantitative estimate of drug-likeness (QED) is 0.826. The van der Waals surface area contributed by atoms with Gasteiger partial charge in [-0.3, -0.25) is 4.79 Å². The van der Waals surface area contributed by atoms with Gasteiger partial charge in [0.25, 0.3) is 0 Å². The van der Waals surface area contributed by atoms with E-state index < -0.39 is 11.6 Å². The van der Waals surface area contributed by atoms with Gasteiger partial charge in [0.1, 0.15) is 23.2 Å². The van der Waals surface area contributed by atoms with Crippen molar-refractivity contribution in [2.24, 2.45) is 0 Å². The zero-order valence-electron chi connectivity index (χ0n) is 10.00. The largest absolute Gasteiger partial charge is 0.299 e. The van der Waals surface area contributed by atoms with Crippen LogP contribution in [0.1, 0.15) is 11.1 Å². The third kappa shape index (κ3) is 3.68. The van der Waals surface area contributed by atoms with Gasteiger partial charge in [-0.15, -0.1) is 0 Å². The number of hydrogen-bond donors (Lipinski definition) is 0. The van der Waals surface area contributed by atoms with E-state index in [0.29, 0.717) is 5.56 Å². The molecular formula is C15H11F3O. The molecule has 0 fully saturated rings. The zero-order valence-corrected chi connectivity index (χ0v) is 10.00. The monoisotopic (exact) mass is 264 g/mol. The van der Waals surface area contributed by atoms with Gasteiger partial charge in [-0.2, -0.15) is 0 Å². The molecule has 19 heavy (non-hydrogen) atoms. The molecule has 1 nitrogen and oxygen atoms in total. The Balaban J connectivity index is 2.03. The van der Waals surface area contributed by atoms with Gasteiger partial charge in [-0.05, 0) is 29.3 Å². The van der Waals surface area contributed by atoms with Gasteiger partial charge >= 0.3 is 0 Å². The lowest BCUT2D eigenvalue weighted by molar-refractivity contribution is -0.117. The summed E-state index contributed by atoms with van der Waals surface area (Å²) in [5, 5.41) is 0. The SMILES string of the molecule is O=C(Cc1ccc(F)cc1)Cc1ccc(F)cc1F. The fourth-order valence-corrected chi connectivity index (χ4v) is 1.77. The fraction of sp³-hybridized carbons (Fsp3) is 0.133. The van der Waals surface area contributed by atoms with Crippen LogP contribution in [0.3, 0.4) is 0 Å². The van der Waals surface area contributed by atoms with Crippen LogP contribution in [-0.4, -0.2) is 5.78 Å². The van der Waals surface area contributed by atoms with E-state index in [-0.39, 0.29) is 30.0 Å². The number of rotatable bonds is 4. The second-order valence-corrected chi connectivity index (χ2v) is 4.25. The van der Waals surface area contributed by atoms with Crippen LogP contribution < -0.4 is 0 Å². The topological polar surface area (TPSA) is 17.1 Å². The van der Waals surface area contributed by atoms with E-state index in [1.165, 1.54) is 30.3 Å². The first kappa shape index (κ1) is 13.3. The van der Waals surface area contributed by atoms with Gasteiger partial charge in [0.2, 0.25) is 0 Å². The Hall–Kier alpha value is -2.10. The van der Waals surface area contributed by atoms with Crippen molar-refractivity contribution in [2.75, 3.05) is 0 Å². The van der Waals surface area contributed by atoms with Gasteiger partial charge in [0, 0.05) is 18.9 Å². The maximum Gasteiger partial charge on any atom is 0.141 e. The van der Waals surface area contributed by atoms with Gasteiger partial charge in [0.05, 0.1) is 0 Å². The predicted molar refractivity (Wildman–Crippen MR) is 65.2 cm³/mol. The summed E-state index contributed by atoms with van der Waals surface area (Å²) in [6.45, 7) is 0. The Labute approximate surface area is 108 Å². The zero-order chi connectivity index (χ0) is 13.8. The van der Waals surface area contributed by atoms with E-state index >= 15 is 0 Å². The van der Waals surface area contributed by atoms with E-state index in [4.69, 9.17) is 0 Å². The summed E-state index contributed by atoms with van der Waals surface area (Å²) >= 11 is 0. The first-order valence-electron chi connectivity index (χ1n) is 5.74. The van der Waals surface area contributed by atoms with Crippen LogP contribution in [0.4, 0.5) is 13.2 Å². The molecule has 0 aromatic heterocycles. The molecule has 2 aromatic carbocycles. The fourth-order valence-electron chi connectivity index (χ4n) is 1.77. The minimum atomic E-state index is -0.729. The van der Waals surface area contributed by atoms with Crippen molar-refractivity contribution in [3.8, 4) is 0 Å². The van der Waals surface area contributed by atoms with Crippen molar-refractivity contribution in [3.63, 3.8) is 0 Å². The minimum absolute atomic E-state index is 0.0943. The Morgan fingerprint density at radius 1 is 0.842 bits per heavy atom. The highest BCUT2D eigenvalue weighted by Crippen LogP contribution is 2.12. The highest BCUT2D eigenvalue weighted by molar-refractivity contribution is 5.83.